The average molecular weight is 528 g/mol. The summed E-state index contributed by atoms with van der Waals surface area (Å²) in [6.45, 7) is 4.43. The molecule has 3 heterocycles. The first-order chi connectivity index (χ1) is 15.2. The summed E-state index contributed by atoms with van der Waals surface area (Å²) < 4.78 is 2.52. The molecule has 0 aliphatic rings. The van der Waals surface area contributed by atoms with Gasteiger partial charge >= 0.3 is 0 Å². The molecule has 4 aromatic carbocycles. The molecule has 0 amide bonds. The minimum atomic E-state index is 1.10. The molecule has 0 N–H and O–H groups in total. The number of halogens is 1. The van der Waals surface area contributed by atoms with Crippen LogP contribution in [0.15, 0.2) is 71.8 Å². The van der Waals surface area contributed by atoms with E-state index in [1.807, 2.05) is 6.20 Å². The van der Waals surface area contributed by atoms with Crippen LogP contribution in [0.2, 0.25) is 0 Å². The van der Waals surface area contributed by atoms with E-state index in [1.165, 1.54) is 70.3 Å². The minimum Gasteiger partial charge on any atom is -0.306 e. The third-order valence-corrected chi connectivity index (χ3v) is 8.64. The summed E-state index contributed by atoms with van der Waals surface area (Å²) in [5.41, 5.74) is 7.56. The van der Waals surface area contributed by atoms with Gasteiger partial charge in [-0.2, -0.15) is 0 Å². The molecule has 0 fully saturated rings. The number of benzene rings is 4. The summed E-state index contributed by atoms with van der Waals surface area (Å²) >= 11 is 2.41. The normalized spacial score (nSPS) is 12.5. The average Bonchev–Trinajstić information content (AvgIpc) is 3.13. The SMILES string of the molecule is Cc1ccc2c(C)c3c(cc2c1)c1nccc2ccc4c5cccc(SI)c5n3c4c21. The zero-order valence-electron chi connectivity index (χ0n) is 17.0. The fourth-order valence-corrected chi connectivity index (χ4v) is 6.91. The third kappa shape index (κ3) is 2.22. The summed E-state index contributed by atoms with van der Waals surface area (Å²) in [6.07, 6.45) is 1.95. The smallest absolute Gasteiger partial charge is 0.0823 e. The minimum absolute atomic E-state index is 1.10. The lowest BCUT2D eigenvalue weighted by Crippen LogP contribution is -1.97. The lowest BCUT2D eigenvalue weighted by molar-refractivity contribution is 1.29. The summed E-state index contributed by atoms with van der Waals surface area (Å²) in [5, 5.41) is 8.95. The van der Waals surface area contributed by atoms with Crippen LogP contribution in [0.25, 0.3) is 59.8 Å². The Morgan fingerprint density at radius 2 is 1.61 bits per heavy atom. The Balaban J connectivity index is 1.94. The molecule has 148 valence electrons. The largest absolute Gasteiger partial charge is 0.306 e. The Hall–Kier alpha value is -2.57. The summed E-state index contributed by atoms with van der Waals surface area (Å²) in [5.74, 6) is 0. The van der Waals surface area contributed by atoms with Gasteiger partial charge in [-0.15, -0.1) is 0 Å². The Morgan fingerprint density at radius 3 is 2.48 bits per heavy atom. The Morgan fingerprint density at radius 1 is 0.774 bits per heavy atom. The molecule has 2 nitrogen and oxygen atoms in total. The molecule has 31 heavy (non-hydrogen) atoms. The highest BCUT2D eigenvalue weighted by Gasteiger charge is 2.22. The van der Waals surface area contributed by atoms with Gasteiger partial charge in [-0.1, -0.05) is 57.0 Å². The summed E-state index contributed by atoms with van der Waals surface area (Å²) in [6, 6.07) is 22.5. The highest BCUT2D eigenvalue weighted by Crippen LogP contribution is 2.45. The molecule has 0 aliphatic carbocycles. The van der Waals surface area contributed by atoms with E-state index in [0.29, 0.717) is 0 Å². The van der Waals surface area contributed by atoms with E-state index < -0.39 is 0 Å². The fraction of sp³-hybridized carbons (Fsp3) is 0.0741. The van der Waals surface area contributed by atoms with Gasteiger partial charge in [0.1, 0.15) is 0 Å². The molecule has 3 aromatic heterocycles. The van der Waals surface area contributed by atoms with Gasteiger partial charge in [-0.3, -0.25) is 4.98 Å². The van der Waals surface area contributed by atoms with Crippen LogP contribution in [0.4, 0.5) is 0 Å². The number of aromatic nitrogens is 2. The highest BCUT2D eigenvalue weighted by atomic mass is 127. The van der Waals surface area contributed by atoms with E-state index in [4.69, 9.17) is 4.98 Å². The lowest BCUT2D eigenvalue weighted by Gasteiger charge is -2.16. The maximum Gasteiger partial charge on any atom is 0.0823 e. The molecule has 0 spiro atoms. The van der Waals surface area contributed by atoms with Crippen LogP contribution in [0.5, 0.6) is 0 Å². The molecular formula is C27H17IN2S. The number of fused-ring (bicyclic) bond motifs is 7. The quantitative estimate of drug-likeness (QED) is 0.121. The van der Waals surface area contributed by atoms with Crippen molar-refractivity contribution in [3.8, 4) is 0 Å². The molecule has 0 bridgehead atoms. The van der Waals surface area contributed by atoms with Crippen molar-refractivity contribution in [1.82, 2.24) is 9.38 Å². The van der Waals surface area contributed by atoms with Gasteiger partial charge in [0.25, 0.3) is 0 Å². The van der Waals surface area contributed by atoms with Crippen molar-refractivity contribution in [3.63, 3.8) is 0 Å². The van der Waals surface area contributed by atoms with E-state index in [2.05, 4.69) is 100 Å². The molecule has 0 saturated heterocycles. The van der Waals surface area contributed by atoms with Crippen LogP contribution < -0.4 is 0 Å². The van der Waals surface area contributed by atoms with Gasteiger partial charge in [0.05, 0.1) is 22.1 Å². The highest BCUT2D eigenvalue weighted by molar-refractivity contribution is 14.2. The van der Waals surface area contributed by atoms with Crippen molar-refractivity contribution in [2.75, 3.05) is 0 Å². The molecule has 4 heteroatoms. The second-order valence-electron chi connectivity index (χ2n) is 8.41. The van der Waals surface area contributed by atoms with Crippen molar-refractivity contribution in [2.45, 2.75) is 18.7 Å². The maximum atomic E-state index is 4.92. The molecule has 0 saturated carbocycles. The third-order valence-electron chi connectivity index (χ3n) is 6.72. The van der Waals surface area contributed by atoms with Crippen LogP contribution in [-0.4, -0.2) is 9.38 Å². The van der Waals surface area contributed by atoms with Crippen LogP contribution in [-0.2, 0) is 0 Å². The maximum absolute atomic E-state index is 4.92. The van der Waals surface area contributed by atoms with E-state index in [0.717, 1.165) is 5.52 Å². The van der Waals surface area contributed by atoms with Gasteiger partial charge < -0.3 is 4.40 Å². The Kier molecular flexibility index (Phi) is 3.63. The molecule has 7 aromatic rings. The van der Waals surface area contributed by atoms with E-state index in [1.54, 1.807) is 8.93 Å². The second-order valence-corrected chi connectivity index (χ2v) is 10.3. The van der Waals surface area contributed by atoms with Gasteiger partial charge in [-0.05, 0) is 53.8 Å². The van der Waals surface area contributed by atoms with Gasteiger partial charge in [0, 0.05) is 53.8 Å². The Labute approximate surface area is 195 Å². The van der Waals surface area contributed by atoms with Crippen LogP contribution in [0.3, 0.4) is 0 Å². The first-order valence-corrected chi connectivity index (χ1v) is 13.7. The standard InChI is InChI=1S/C27H17IN2S/c1-14-6-8-18-15(2)25-21(13-17(18)12-14)24-23-16(10-11-29-24)7-9-20-19-4-3-5-22(31-28)26(19)30(25)27(20)23/h3-13H,1-2H3. The summed E-state index contributed by atoms with van der Waals surface area (Å²) in [7, 11) is 1.79. The fourth-order valence-electron chi connectivity index (χ4n) is 5.44. The lowest BCUT2D eigenvalue weighted by atomic mass is 9.96. The van der Waals surface area contributed by atoms with Crippen molar-refractivity contribution >= 4 is 89.9 Å². The van der Waals surface area contributed by atoms with Crippen molar-refractivity contribution < 1.29 is 0 Å². The van der Waals surface area contributed by atoms with Gasteiger partial charge in [0.2, 0.25) is 0 Å². The molecular weight excluding hydrogens is 511 g/mol. The number of aryl methyl sites for hydroxylation is 2. The molecule has 7 rings (SSSR count). The predicted molar refractivity (Wildman–Crippen MR) is 143 cm³/mol. The van der Waals surface area contributed by atoms with Crippen molar-refractivity contribution in [2.24, 2.45) is 0 Å². The number of para-hydroxylation sites is 1. The number of hydrogen-bond donors (Lipinski definition) is 0. The van der Waals surface area contributed by atoms with Crippen LogP contribution in [0, 0.1) is 13.8 Å². The monoisotopic (exact) mass is 528 g/mol. The number of hydrogen-bond acceptors (Lipinski definition) is 2. The van der Waals surface area contributed by atoms with E-state index >= 15 is 0 Å². The molecule has 0 aliphatic heterocycles. The Bertz CT molecular complexity index is 1850. The zero-order chi connectivity index (χ0) is 20.9. The number of pyridine rings is 2. The predicted octanol–water partition coefficient (Wildman–Crippen LogP) is 8.60. The van der Waals surface area contributed by atoms with Crippen LogP contribution >= 0.6 is 30.1 Å². The topological polar surface area (TPSA) is 17.3 Å². The van der Waals surface area contributed by atoms with Gasteiger partial charge in [-0.25, -0.2) is 0 Å². The van der Waals surface area contributed by atoms with E-state index in [9.17, 15) is 0 Å². The summed E-state index contributed by atoms with van der Waals surface area (Å²) in [4.78, 5) is 6.22. The first kappa shape index (κ1) is 18.0. The molecule has 0 radical (unpaired) electrons. The van der Waals surface area contributed by atoms with Crippen LogP contribution in [0.1, 0.15) is 11.1 Å². The number of nitrogens with zero attached hydrogens (tertiary/aromatic N) is 2. The van der Waals surface area contributed by atoms with Crippen molar-refractivity contribution in [1.29, 1.82) is 0 Å². The molecule has 0 unspecified atom stereocenters. The zero-order valence-corrected chi connectivity index (χ0v) is 20.0. The number of rotatable bonds is 1. The van der Waals surface area contributed by atoms with E-state index in [-0.39, 0.29) is 0 Å². The first-order valence-electron chi connectivity index (χ1n) is 10.4. The molecule has 0 atom stereocenters. The van der Waals surface area contributed by atoms with Crippen molar-refractivity contribution in [3.05, 3.63) is 78.0 Å². The van der Waals surface area contributed by atoms with Gasteiger partial charge in [0.15, 0.2) is 0 Å². The second kappa shape index (κ2) is 6.24.